The van der Waals surface area contributed by atoms with Gasteiger partial charge in [-0.05, 0) is 36.1 Å². The van der Waals surface area contributed by atoms with Gasteiger partial charge in [0.2, 0.25) is 5.89 Å². The van der Waals surface area contributed by atoms with Crippen molar-refractivity contribution in [3.05, 3.63) is 66.2 Å². The summed E-state index contributed by atoms with van der Waals surface area (Å²) in [4.78, 5) is 13.0. The number of aromatic nitrogens is 2. The van der Waals surface area contributed by atoms with Gasteiger partial charge in [-0.15, -0.1) is 16.9 Å². The van der Waals surface area contributed by atoms with Crippen LogP contribution < -0.4 is 5.32 Å². The minimum atomic E-state index is -0.327. The summed E-state index contributed by atoms with van der Waals surface area (Å²) in [5, 5.41) is 10.4. The Hall–Kier alpha value is -2.86. The summed E-state index contributed by atoms with van der Waals surface area (Å²) in [5.41, 5.74) is 1.75. The highest BCUT2D eigenvalue weighted by Crippen LogP contribution is 2.24. The molecule has 1 amide bonds. The molecule has 0 aliphatic heterocycles. The number of amides is 1. The molecule has 0 atom stereocenters. The third kappa shape index (κ3) is 4.11. The number of hydrogen-bond acceptors (Lipinski definition) is 5. The topological polar surface area (TPSA) is 68.0 Å². The molecule has 0 radical (unpaired) electrons. The quantitative estimate of drug-likeness (QED) is 0.560. The van der Waals surface area contributed by atoms with Crippen molar-refractivity contribution in [1.29, 1.82) is 0 Å². The van der Waals surface area contributed by atoms with Gasteiger partial charge in [-0.1, -0.05) is 41.5 Å². The maximum absolute atomic E-state index is 11.9. The molecule has 3 rings (SSSR count). The Balaban J connectivity index is 1.67. The first-order valence-electron chi connectivity index (χ1n) is 7.26. The molecule has 120 valence electrons. The normalized spacial score (nSPS) is 10.9. The van der Waals surface area contributed by atoms with E-state index in [0.29, 0.717) is 5.89 Å². The van der Waals surface area contributed by atoms with Gasteiger partial charge in [-0.2, -0.15) is 0 Å². The molecule has 5 nitrogen and oxygen atoms in total. The molecule has 3 aromatic rings. The van der Waals surface area contributed by atoms with Crippen LogP contribution in [0.2, 0.25) is 0 Å². The first-order valence-corrected chi connectivity index (χ1v) is 8.49. The third-order valence-electron chi connectivity index (χ3n) is 3.20. The summed E-state index contributed by atoms with van der Waals surface area (Å²) in [5.74, 6) is 0.0418. The Labute approximate surface area is 143 Å². The van der Waals surface area contributed by atoms with Crippen LogP contribution in [0.1, 0.15) is 5.56 Å². The van der Waals surface area contributed by atoms with Gasteiger partial charge in [0.15, 0.2) is 0 Å². The average molecular weight is 337 g/mol. The minimum absolute atomic E-state index is 0.0715. The molecule has 0 aliphatic rings. The number of thioether (sulfide) groups is 1. The molecule has 6 heteroatoms. The zero-order chi connectivity index (χ0) is 16.8. The molecule has 2 aromatic carbocycles. The van der Waals surface area contributed by atoms with Crippen LogP contribution in [0, 0.1) is 0 Å². The van der Waals surface area contributed by atoms with Crippen LogP contribution >= 0.6 is 11.8 Å². The zero-order valence-electron chi connectivity index (χ0n) is 13.0. The summed E-state index contributed by atoms with van der Waals surface area (Å²) >= 11 is 1.63. The molecule has 1 aromatic heterocycles. The Bertz CT molecular complexity index is 859. The van der Waals surface area contributed by atoms with Gasteiger partial charge in [0, 0.05) is 16.5 Å². The zero-order valence-corrected chi connectivity index (χ0v) is 13.8. The van der Waals surface area contributed by atoms with Gasteiger partial charge < -0.3 is 4.42 Å². The van der Waals surface area contributed by atoms with Gasteiger partial charge in [-0.3, -0.25) is 10.1 Å². The van der Waals surface area contributed by atoms with Crippen molar-refractivity contribution < 1.29 is 9.21 Å². The van der Waals surface area contributed by atoms with E-state index in [1.807, 2.05) is 60.9 Å². The lowest BCUT2D eigenvalue weighted by molar-refractivity contribution is -0.112. The number of nitrogens with one attached hydrogen (secondary N) is 1. The summed E-state index contributed by atoms with van der Waals surface area (Å²) in [7, 11) is 0. The average Bonchev–Trinajstić information content (AvgIpc) is 3.09. The van der Waals surface area contributed by atoms with Crippen molar-refractivity contribution in [2.75, 3.05) is 11.6 Å². The van der Waals surface area contributed by atoms with Crippen molar-refractivity contribution >= 4 is 29.8 Å². The fraction of sp³-hybridized carbons (Fsp3) is 0.0556. The number of carbonyl (C=O) groups excluding carboxylic acids is 1. The lowest BCUT2D eigenvalue weighted by atomic mass is 10.2. The lowest BCUT2D eigenvalue weighted by Crippen LogP contribution is -2.07. The highest BCUT2D eigenvalue weighted by Gasteiger charge is 2.10. The Morgan fingerprint density at radius 1 is 1.12 bits per heavy atom. The van der Waals surface area contributed by atoms with E-state index in [0.717, 1.165) is 16.0 Å². The summed E-state index contributed by atoms with van der Waals surface area (Å²) < 4.78 is 5.49. The summed E-state index contributed by atoms with van der Waals surface area (Å²) in [6.45, 7) is 0. The number of anilines is 1. The predicted octanol–water partition coefficient (Wildman–Crippen LogP) is 4.11. The van der Waals surface area contributed by atoms with Crippen molar-refractivity contribution in [2.45, 2.75) is 4.90 Å². The van der Waals surface area contributed by atoms with E-state index in [4.69, 9.17) is 4.42 Å². The number of carbonyl (C=O) groups is 1. The Morgan fingerprint density at radius 3 is 2.75 bits per heavy atom. The smallest absolute Gasteiger partial charge is 0.322 e. The number of nitrogens with zero attached hydrogens (tertiary/aromatic N) is 2. The van der Waals surface area contributed by atoms with Crippen LogP contribution in [0.15, 0.2) is 70.0 Å². The summed E-state index contributed by atoms with van der Waals surface area (Å²) in [6, 6.07) is 17.4. The fourth-order valence-electron chi connectivity index (χ4n) is 2.03. The van der Waals surface area contributed by atoms with Crippen LogP contribution in [0.3, 0.4) is 0 Å². The molecule has 0 unspecified atom stereocenters. The number of benzene rings is 2. The Kier molecular flexibility index (Phi) is 5.08. The van der Waals surface area contributed by atoms with Gasteiger partial charge in [-0.25, -0.2) is 0 Å². The molecular weight excluding hydrogens is 322 g/mol. The van der Waals surface area contributed by atoms with E-state index in [1.54, 1.807) is 17.8 Å². The third-order valence-corrected chi connectivity index (χ3v) is 3.92. The highest BCUT2D eigenvalue weighted by molar-refractivity contribution is 7.98. The van der Waals surface area contributed by atoms with E-state index in [1.165, 1.54) is 6.08 Å². The minimum Gasteiger partial charge on any atom is -0.403 e. The van der Waals surface area contributed by atoms with Crippen molar-refractivity contribution in [3.63, 3.8) is 0 Å². The molecule has 24 heavy (non-hydrogen) atoms. The molecule has 0 saturated carbocycles. The van der Waals surface area contributed by atoms with Gasteiger partial charge in [0.25, 0.3) is 5.91 Å². The van der Waals surface area contributed by atoms with Gasteiger partial charge in [0.1, 0.15) is 0 Å². The molecule has 1 heterocycles. The van der Waals surface area contributed by atoms with Crippen molar-refractivity contribution in [2.24, 2.45) is 0 Å². The molecule has 0 spiro atoms. The predicted molar refractivity (Wildman–Crippen MR) is 95.6 cm³/mol. The highest BCUT2D eigenvalue weighted by atomic mass is 32.2. The molecule has 0 aliphatic carbocycles. The number of hydrogen-bond donors (Lipinski definition) is 1. The first kappa shape index (κ1) is 16.0. The van der Waals surface area contributed by atoms with Crippen LogP contribution in [0.4, 0.5) is 6.01 Å². The second kappa shape index (κ2) is 7.61. The standard InChI is InChI=1S/C18H15N3O2S/c1-24-15-9-5-8-14(12-15)17-20-21-18(23-17)19-16(22)11-10-13-6-3-2-4-7-13/h2-12H,1H3,(H,19,21,22). The second-order valence-electron chi connectivity index (χ2n) is 4.88. The van der Waals surface area contributed by atoms with Crippen LogP contribution in [0.5, 0.6) is 0 Å². The SMILES string of the molecule is CSc1cccc(-c2nnc(NC(=O)C=Cc3ccccc3)o2)c1. The fourth-order valence-corrected chi connectivity index (χ4v) is 2.49. The van der Waals surface area contributed by atoms with Crippen molar-refractivity contribution in [1.82, 2.24) is 10.2 Å². The van der Waals surface area contributed by atoms with E-state index in [9.17, 15) is 4.79 Å². The molecule has 0 saturated heterocycles. The monoisotopic (exact) mass is 337 g/mol. The van der Waals surface area contributed by atoms with Crippen molar-refractivity contribution in [3.8, 4) is 11.5 Å². The largest absolute Gasteiger partial charge is 0.403 e. The maximum Gasteiger partial charge on any atom is 0.322 e. The van der Waals surface area contributed by atoms with Crippen LogP contribution in [-0.2, 0) is 4.79 Å². The summed E-state index contributed by atoms with van der Waals surface area (Å²) in [6.07, 6.45) is 5.14. The second-order valence-corrected chi connectivity index (χ2v) is 5.76. The van der Waals surface area contributed by atoms with Crippen LogP contribution in [-0.4, -0.2) is 22.4 Å². The molecule has 0 bridgehead atoms. The Morgan fingerprint density at radius 2 is 1.96 bits per heavy atom. The maximum atomic E-state index is 11.9. The van der Waals surface area contributed by atoms with Gasteiger partial charge in [0.05, 0.1) is 0 Å². The van der Waals surface area contributed by atoms with E-state index < -0.39 is 0 Å². The molecule has 1 N–H and O–H groups in total. The number of rotatable bonds is 5. The van der Waals surface area contributed by atoms with Crippen LogP contribution in [0.25, 0.3) is 17.5 Å². The van der Waals surface area contributed by atoms with E-state index in [2.05, 4.69) is 15.5 Å². The molecule has 0 fully saturated rings. The van der Waals surface area contributed by atoms with Gasteiger partial charge >= 0.3 is 6.01 Å². The van der Waals surface area contributed by atoms with E-state index >= 15 is 0 Å². The first-order chi connectivity index (χ1) is 11.7. The lowest BCUT2D eigenvalue weighted by Gasteiger charge is -1.98. The van der Waals surface area contributed by atoms with E-state index in [-0.39, 0.29) is 11.9 Å². The molecular formula is C18H15N3O2S.